The van der Waals surface area contributed by atoms with Crippen molar-refractivity contribution in [1.29, 1.82) is 5.26 Å². The van der Waals surface area contributed by atoms with Crippen LogP contribution in [0.15, 0.2) is 41.5 Å². The van der Waals surface area contributed by atoms with Gasteiger partial charge in [-0.1, -0.05) is 12.1 Å². The van der Waals surface area contributed by atoms with Crippen LogP contribution in [-0.2, 0) is 6.54 Å². The lowest BCUT2D eigenvalue weighted by molar-refractivity contribution is 0.152. The lowest BCUT2D eigenvalue weighted by Gasteiger charge is -2.42. The van der Waals surface area contributed by atoms with Crippen molar-refractivity contribution in [2.75, 3.05) is 49.9 Å². The summed E-state index contributed by atoms with van der Waals surface area (Å²) >= 11 is 0. The Bertz CT molecular complexity index is 1050. The van der Waals surface area contributed by atoms with Gasteiger partial charge in [-0.25, -0.2) is 9.18 Å². The van der Waals surface area contributed by atoms with Gasteiger partial charge in [-0.15, -0.1) is 4.99 Å². The third-order valence-corrected chi connectivity index (χ3v) is 5.83. The van der Waals surface area contributed by atoms with Crippen LogP contribution in [-0.4, -0.2) is 70.9 Å². The monoisotopic (exact) mass is 450 g/mol. The summed E-state index contributed by atoms with van der Waals surface area (Å²) in [6.07, 6.45) is 4.58. The first-order chi connectivity index (χ1) is 16.0. The van der Waals surface area contributed by atoms with E-state index in [0.717, 1.165) is 57.3 Å². The number of rotatable bonds is 4. The molecule has 9 nitrogen and oxygen atoms in total. The number of nitriles is 1. The third-order valence-electron chi connectivity index (χ3n) is 5.83. The van der Waals surface area contributed by atoms with E-state index in [1.165, 1.54) is 0 Å². The number of halogens is 1. The van der Waals surface area contributed by atoms with Gasteiger partial charge in [0.2, 0.25) is 12.2 Å². The zero-order valence-electron chi connectivity index (χ0n) is 18.6. The van der Waals surface area contributed by atoms with Gasteiger partial charge in [0.15, 0.2) is 5.82 Å². The van der Waals surface area contributed by atoms with Crippen molar-refractivity contribution in [2.24, 2.45) is 4.99 Å². The molecule has 10 heteroatoms. The van der Waals surface area contributed by atoms with Gasteiger partial charge in [0.25, 0.3) is 0 Å². The van der Waals surface area contributed by atoms with Crippen LogP contribution in [0, 0.1) is 24.2 Å². The average molecular weight is 451 g/mol. The van der Waals surface area contributed by atoms with Gasteiger partial charge in [-0.3, -0.25) is 9.88 Å². The van der Waals surface area contributed by atoms with Crippen LogP contribution in [0.1, 0.15) is 17.7 Å². The van der Waals surface area contributed by atoms with Crippen molar-refractivity contribution in [1.82, 2.24) is 19.7 Å². The highest BCUT2D eigenvalue weighted by Gasteiger charge is 2.27. The zero-order valence-corrected chi connectivity index (χ0v) is 18.6. The second kappa shape index (κ2) is 10.3. The predicted octanol–water partition coefficient (Wildman–Crippen LogP) is 2.83. The molecule has 1 aromatic heterocycles. The molecule has 0 atom stereocenters. The first-order valence-electron chi connectivity index (χ1n) is 11.0. The van der Waals surface area contributed by atoms with Crippen LogP contribution < -0.4 is 10.6 Å². The van der Waals surface area contributed by atoms with Crippen molar-refractivity contribution < 1.29 is 9.18 Å². The van der Waals surface area contributed by atoms with Crippen LogP contribution in [0.5, 0.6) is 0 Å². The van der Waals surface area contributed by atoms with E-state index in [1.54, 1.807) is 36.5 Å². The molecule has 0 unspecified atom stereocenters. The van der Waals surface area contributed by atoms with E-state index in [9.17, 15) is 4.79 Å². The lowest BCUT2D eigenvalue weighted by atomic mass is 10.1. The minimum atomic E-state index is -0.527. The number of urea groups is 1. The number of nitrogens with zero attached hydrogens (tertiary/aromatic N) is 6. The first-order valence-corrected chi connectivity index (χ1v) is 11.0. The van der Waals surface area contributed by atoms with E-state index in [-0.39, 0.29) is 5.69 Å². The number of carbonyl (C=O) groups excluding carboxylic acids is 1. The number of pyridine rings is 1. The van der Waals surface area contributed by atoms with E-state index in [4.69, 9.17) is 5.26 Å². The standard InChI is InChI=1S/C23H27FN8O/c1-17-6-7-19(14-26-17)28-22(33)29-20-5-2-4-18(21(20)24)15-30-10-12-32(13-11-30)23(27-16-25)31-8-3-9-31/h2,4-7,14H,3,8-13,15H2,1H3,(H2,28,29,33)/b27-23+. The molecule has 0 bridgehead atoms. The Hall–Kier alpha value is -3.71. The van der Waals surface area contributed by atoms with Crippen LogP contribution in [0.4, 0.5) is 20.6 Å². The van der Waals surface area contributed by atoms with E-state index >= 15 is 4.39 Å². The number of amides is 2. The van der Waals surface area contributed by atoms with Gasteiger partial charge in [0, 0.05) is 57.1 Å². The smallest absolute Gasteiger partial charge is 0.323 e. The molecule has 2 aromatic rings. The quantitative estimate of drug-likeness (QED) is 0.422. The summed E-state index contributed by atoms with van der Waals surface area (Å²) in [5.74, 6) is 0.306. The summed E-state index contributed by atoms with van der Waals surface area (Å²) in [4.78, 5) is 26.8. The number of nitrogens with one attached hydrogen (secondary N) is 2. The van der Waals surface area contributed by atoms with Crippen molar-refractivity contribution in [3.05, 3.63) is 53.6 Å². The minimum Gasteiger partial charge on any atom is -0.342 e. The Morgan fingerprint density at radius 2 is 1.88 bits per heavy atom. The number of benzene rings is 1. The Kier molecular flexibility index (Phi) is 7.00. The van der Waals surface area contributed by atoms with Gasteiger partial charge >= 0.3 is 6.03 Å². The molecule has 0 saturated carbocycles. The molecular formula is C23H27FN8O. The number of guanidine groups is 1. The predicted molar refractivity (Wildman–Crippen MR) is 124 cm³/mol. The Morgan fingerprint density at radius 3 is 2.52 bits per heavy atom. The molecule has 4 rings (SSSR count). The number of aryl methyl sites for hydroxylation is 1. The number of aliphatic imine (C=N–C) groups is 1. The number of anilines is 2. The van der Waals surface area contributed by atoms with Crippen molar-refractivity contribution >= 4 is 23.4 Å². The fourth-order valence-corrected chi connectivity index (χ4v) is 3.87. The molecule has 1 aromatic carbocycles. The van der Waals surface area contributed by atoms with Gasteiger partial charge in [0.05, 0.1) is 17.6 Å². The maximum atomic E-state index is 15.1. The molecule has 3 heterocycles. The fourth-order valence-electron chi connectivity index (χ4n) is 3.87. The molecule has 33 heavy (non-hydrogen) atoms. The minimum absolute atomic E-state index is 0.130. The zero-order chi connectivity index (χ0) is 23.2. The first kappa shape index (κ1) is 22.5. The highest BCUT2D eigenvalue weighted by molar-refractivity contribution is 5.99. The number of carbonyl (C=O) groups is 1. The number of aromatic nitrogens is 1. The molecule has 172 valence electrons. The summed E-state index contributed by atoms with van der Waals surface area (Å²) in [5, 5.41) is 14.3. The maximum Gasteiger partial charge on any atom is 0.323 e. The molecule has 2 N–H and O–H groups in total. The summed E-state index contributed by atoms with van der Waals surface area (Å²) in [6, 6.07) is 8.01. The third kappa shape index (κ3) is 5.56. The second-order valence-corrected chi connectivity index (χ2v) is 8.16. The largest absolute Gasteiger partial charge is 0.342 e. The lowest BCUT2D eigenvalue weighted by Crippen LogP contribution is -2.56. The van der Waals surface area contributed by atoms with Crippen LogP contribution in [0.2, 0.25) is 0 Å². The molecule has 0 radical (unpaired) electrons. The molecule has 2 amide bonds. The molecule has 0 aliphatic carbocycles. The molecule has 2 aliphatic heterocycles. The molecule has 0 spiro atoms. The van der Waals surface area contributed by atoms with E-state index in [2.05, 4.69) is 35.3 Å². The molecular weight excluding hydrogens is 423 g/mol. The summed E-state index contributed by atoms with van der Waals surface area (Å²) in [6.45, 7) is 7.07. The summed E-state index contributed by atoms with van der Waals surface area (Å²) < 4.78 is 15.1. The normalized spacial score (nSPS) is 16.7. The van der Waals surface area contributed by atoms with Gasteiger partial charge < -0.3 is 20.4 Å². The number of piperazine rings is 1. The number of likely N-dealkylation sites (tertiary alicyclic amines) is 1. The van der Waals surface area contributed by atoms with Crippen molar-refractivity contribution in [3.63, 3.8) is 0 Å². The second-order valence-electron chi connectivity index (χ2n) is 8.16. The molecule has 2 fully saturated rings. The summed E-state index contributed by atoms with van der Waals surface area (Å²) in [7, 11) is 0. The average Bonchev–Trinajstić information content (AvgIpc) is 2.77. The van der Waals surface area contributed by atoms with Gasteiger partial charge in [0.1, 0.15) is 0 Å². The van der Waals surface area contributed by atoms with Gasteiger partial charge in [-0.2, -0.15) is 5.26 Å². The highest BCUT2D eigenvalue weighted by Crippen LogP contribution is 2.21. The Balaban J connectivity index is 1.33. The fraction of sp³-hybridized carbons (Fsp3) is 0.391. The molecule has 2 saturated heterocycles. The molecule has 2 aliphatic rings. The number of hydrogen-bond acceptors (Lipinski definition) is 5. The van der Waals surface area contributed by atoms with Crippen LogP contribution >= 0.6 is 0 Å². The van der Waals surface area contributed by atoms with E-state index < -0.39 is 11.8 Å². The van der Waals surface area contributed by atoms with Crippen LogP contribution in [0.25, 0.3) is 0 Å². The van der Waals surface area contributed by atoms with Crippen LogP contribution in [0.3, 0.4) is 0 Å². The Morgan fingerprint density at radius 1 is 1.12 bits per heavy atom. The SMILES string of the molecule is Cc1ccc(NC(=O)Nc2cccc(CN3CCN(/C(=N/C#N)N4CCC4)CC3)c2F)cn1. The number of hydrogen-bond donors (Lipinski definition) is 2. The van der Waals surface area contributed by atoms with Crippen molar-refractivity contribution in [2.45, 2.75) is 19.9 Å². The summed E-state index contributed by atoms with van der Waals surface area (Å²) in [5.41, 5.74) is 2.02. The van der Waals surface area contributed by atoms with E-state index in [0.29, 0.717) is 17.8 Å². The van der Waals surface area contributed by atoms with Crippen molar-refractivity contribution in [3.8, 4) is 6.19 Å². The highest BCUT2D eigenvalue weighted by atomic mass is 19.1. The maximum absolute atomic E-state index is 15.1. The van der Waals surface area contributed by atoms with E-state index in [1.807, 2.05) is 13.1 Å². The Labute approximate surface area is 192 Å². The topological polar surface area (TPSA) is 99.9 Å². The van der Waals surface area contributed by atoms with Gasteiger partial charge in [-0.05, 0) is 31.5 Å².